The number of aromatic nitrogens is 2. The Morgan fingerprint density at radius 1 is 1.25 bits per heavy atom. The maximum atomic E-state index is 11.5. The van der Waals surface area contributed by atoms with E-state index < -0.39 is 9.84 Å². The average molecular weight is 298 g/mol. The Bertz CT molecular complexity index is 545. The minimum atomic E-state index is -2.87. The fraction of sp³-hybridized carbons (Fsp3) is 0.692. The van der Waals surface area contributed by atoms with Gasteiger partial charge in [-0.3, -0.25) is 0 Å². The number of nitrogens with one attached hydrogen (secondary N) is 1. The molecule has 1 aromatic rings. The monoisotopic (exact) mass is 298 g/mol. The molecule has 0 bridgehead atoms. The van der Waals surface area contributed by atoms with E-state index in [1.165, 1.54) is 0 Å². The van der Waals surface area contributed by atoms with Crippen LogP contribution in [0, 0.1) is 0 Å². The van der Waals surface area contributed by atoms with Crippen LogP contribution in [0.3, 0.4) is 0 Å². The van der Waals surface area contributed by atoms with Gasteiger partial charge in [-0.15, -0.1) is 0 Å². The van der Waals surface area contributed by atoms with Gasteiger partial charge in [-0.05, 0) is 12.8 Å². The molecule has 0 atom stereocenters. The van der Waals surface area contributed by atoms with Crippen LogP contribution in [-0.4, -0.2) is 49.5 Å². The highest BCUT2D eigenvalue weighted by Crippen LogP contribution is 2.25. The Hall–Kier alpha value is -1.37. The van der Waals surface area contributed by atoms with Crippen LogP contribution < -0.4 is 10.2 Å². The molecule has 1 aliphatic rings. The smallest absolute Gasteiger partial charge is 0.153 e. The highest BCUT2D eigenvalue weighted by molar-refractivity contribution is 7.91. The molecule has 112 valence electrons. The maximum absolute atomic E-state index is 11.5. The lowest BCUT2D eigenvalue weighted by atomic mass is 10.2. The summed E-state index contributed by atoms with van der Waals surface area (Å²) in [7, 11) is -2.87. The van der Waals surface area contributed by atoms with Crippen molar-refractivity contribution in [2.75, 3.05) is 41.4 Å². The maximum Gasteiger partial charge on any atom is 0.153 e. The number of sulfone groups is 1. The third-order valence-corrected chi connectivity index (χ3v) is 5.07. The molecule has 0 spiro atoms. The molecule has 1 aromatic heterocycles. The van der Waals surface area contributed by atoms with Crippen molar-refractivity contribution in [1.29, 1.82) is 0 Å². The van der Waals surface area contributed by atoms with Gasteiger partial charge in [0.25, 0.3) is 0 Å². The summed E-state index contributed by atoms with van der Waals surface area (Å²) in [6.07, 6.45) is 3.41. The molecule has 7 heteroatoms. The van der Waals surface area contributed by atoms with Gasteiger partial charge in [0.1, 0.15) is 18.0 Å². The van der Waals surface area contributed by atoms with Crippen LogP contribution >= 0.6 is 0 Å². The molecule has 0 unspecified atom stereocenters. The third kappa shape index (κ3) is 3.39. The predicted molar refractivity (Wildman–Crippen MR) is 81.1 cm³/mol. The Morgan fingerprint density at radius 2 is 1.95 bits per heavy atom. The molecule has 0 radical (unpaired) electrons. The zero-order chi connectivity index (χ0) is 14.6. The first-order valence-electron chi connectivity index (χ1n) is 7.10. The quantitative estimate of drug-likeness (QED) is 0.877. The molecular weight excluding hydrogens is 276 g/mol. The van der Waals surface area contributed by atoms with Gasteiger partial charge in [0.15, 0.2) is 9.84 Å². The second-order valence-electron chi connectivity index (χ2n) is 4.94. The third-order valence-electron chi connectivity index (χ3n) is 3.46. The molecule has 0 aliphatic carbocycles. The second-order valence-corrected chi connectivity index (χ2v) is 7.25. The average Bonchev–Trinajstić information content (AvgIpc) is 2.44. The predicted octanol–water partition coefficient (Wildman–Crippen LogP) is 1.10. The van der Waals surface area contributed by atoms with E-state index in [2.05, 4.69) is 34.0 Å². The summed E-state index contributed by atoms with van der Waals surface area (Å²) < 4.78 is 23.0. The summed E-state index contributed by atoms with van der Waals surface area (Å²) in [5, 5.41) is 3.31. The van der Waals surface area contributed by atoms with E-state index in [4.69, 9.17) is 0 Å². The number of hydrogen-bond acceptors (Lipinski definition) is 6. The largest absolute Gasteiger partial charge is 0.370 e. The summed E-state index contributed by atoms with van der Waals surface area (Å²) in [5.74, 6) is 2.15. The van der Waals surface area contributed by atoms with Crippen LogP contribution in [0.15, 0.2) is 6.33 Å². The van der Waals surface area contributed by atoms with Crippen molar-refractivity contribution < 1.29 is 8.42 Å². The van der Waals surface area contributed by atoms with Crippen molar-refractivity contribution in [2.24, 2.45) is 0 Å². The Balaban J connectivity index is 2.23. The summed E-state index contributed by atoms with van der Waals surface area (Å²) >= 11 is 0. The van der Waals surface area contributed by atoms with Crippen LogP contribution in [0.4, 0.5) is 11.6 Å². The van der Waals surface area contributed by atoms with E-state index in [9.17, 15) is 8.42 Å². The van der Waals surface area contributed by atoms with Gasteiger partial charge < -0.3 is 10.2 Å². The van der Waals surface area contributed by atoms with Gasteiger partial charge in [-0.1, -0.05) is 13.8 Å². The minimum Gasteiger partial charge on any atom is -0.370 e. The Kier molecular flexibility index (Phi) is 4.80. The zero-order valence-electron chi connectivity index (χ0n) is 12.1. The lowest BCUT2D eigenvalue weighted by Crippen LogP contribution is -2.41. The SMILES string of the molecule is CCCNc1ncnc(N2CCS(=O)(=O)CC2)c1CC. The normalized spacial score (nSPS) is 18.0. The molecule has 2 rings (SSSR count). The van der Waals surface area contributed by atoms with Gasteiger partial charge >= 0.3 is 0 Å². The molecule has 6 nitrogen and oxygen atoms in total. The Labute approximate surface area is 120 Å². The number of hydrogen-bond donors (Lipinski definition) is 1. The minimum absolute atomic E-state index is 0.206. The molecule has 2 heterocycles. The van der Waals surface area contributed by atoms with Crippen LogP contribution in [-0.2, 0) is 16.3 Å². The topological polar surface area (TPSA) is 75.2 Å². The highest BCUT2D eigenvalue weighted by atomic mass is 32.2. The van der Waals surface area contributed by atoms with Gasteiger partial charge in [0.2, 0.25) is 0 Å². The van der Waals surface area contributed by atoms with E-state index in [1.54, 1.807) is 6.33 Å². The van der Waals surface area contributed by atoms with Crippen molar-refractivity contribution in [3.05, 3.63) is 11.9 Å². The van der Waals surface area contributed by atoms with E-state index in [-0.39, 0.29) is 11.5 Å². The molecule has 1 fully saturated rings. The fourth-order valence-electron chi connectivity index (χ4n) is 2.32. The number of anilines is 2. The van der Waals surface area contributed by atoms with E-state index in [0.29, 0.717) is 13.1 Å². The molecule has 0 saturated carbocycles. The highest BCUT2D eigenvalue weighted by Gasteiger charge is 2.24. The van der Waals surface area contributed by atoms with Gasteiger partial charge in [0, 0.05) is 25.2 Å². The van der Waals surface area contributed by atoms with E-state index >= 15 is 0 Å². The number of rotatable bonds is 5. The summed E-state index contributed by atoms with van der Waals surface area (Å²) in [6.45, 7) is 6.08. The Morgan fingerprint density at radius 3 is 2.55 bits per heavy atom. The standard InChI is InChI=1S/C13H22N4O2S/c1-3-5-14-12-11(4-2)13(16-10-15-12)17-6-8-20(18,19)9-7-17/h10H,3-9H2,1-2H3,(H,14,15,16). The van der Waals surface area contributed by atoms with Gasteiger partial charge in [-0.25, -0.2) is 18.4 Å². The summed E-state index contributed by atoms with van der Waals surface area (Å²) in [6, 6.07) is 0. The van der Waals surface area contributed by atoms with Crippen LogP contribution in [0.5, 0.6) is 0 Å². The van der Waals surface area contributed by atoms with Crippen molar-refractivity contribution in [1.82, 2.24) is 9.97 Å². The van der Waals surface area contributed by atoms with Crippen LogP contribution in [0.2, 0.25) is 0 Å². The van der Waals surface area contributed by atoms with E-state index in [1.807, 2.05) is 0 Å². The van der Waals surface area contributed by atoms with Crippen molar-refractivity contribution >= 4 is 21.5 Å². The summed E-state index contributed by atoms with van der Waals surface area (Å²) in [5.41, 5.74) is 1.07. The molecule has 0 aromatic carbocycles. The fourth-order valence-corrected chi connectivity index (χ4v) is 3.52. The van der Waals surface area contributed by atoms with Crippen molar-refractivity contribution in [3.8, 4) is 0 Å². The van der Waals surface area contributed by atoms with Crippen LogP contribution in [0.25, 0.3) is 0 Å². The zero-order valence-corrected chi connectivity index (χ0v) is 12.9. The lowest BCUT2D eigenvalue weighted by molar-refractivity contribution is 0.586. The lowest BCUT2D eigenvalue weighted by Gasteiger charge is -2.29. The first-order chi connectivity index (χ1) is 9.57. The summed E-state index contributed by atoms with van der Waals surface area (Å²) in [4.78, 5) is 10.7. The second kappa shape index (κ2) is 6.39. The molecule has 1 saturated heterocycles. The number of nitrogens with zero attached hydrogens (tertiary/aromatic N) is 3. The van der Waals surface area contributed by atoms with Crippen molar-refractivity contribution in [2.45, 2.75) is 26.7 Å². The molecule has 0 amide bonds. The van der Waals surface area contributed by atoms with Gasteiger partial charge in [-0.2, -0.15) is 0 Å². The molecule has 20 heavy (non-hydrogen) atoms. The molecule has 1 N–H and O–H groups in total. The van der Waals surface area contributed by atoms with E-state index in [0.717, 1.165) is 36.6 Å². The molecule has 1 aliphatic heterocycles. The van der Waals surface area contributed by atoms with Crippen molar-refractivity contribution in [3.63, 3.8) is 0 Å². The molecular formula is C13H22N4O2S. The first-order valence-corrected chi connectivity index (χ1v) is 8.92. The first kappa shape index (κ1) is 15.0. The van der Waals surface area contributed by atoms with Crippen LogP contribution in [0.1, 0.15) is 25.8 Å². The van der Waals surface area contributed by atoms with Gasteiger partial charge in [0.05, 0.1) is 11.5 Å².